The number of rotatable bonds is 8. The molecule has 1 N–H and O–H groups in total. The number of ether oxygens (including phenoxy) is 3. The van der Waals surface area contributed by atoms with Crippen LogP contribution in [0.4, 0.5) is 0 Å². The fourth-order valence-corrected chi connectivity index (χ4v) is 2.67. The van der Waals surface area contributed by atoms with Crippen molar-refractivity contribution in [2.75, 3.05) is 39.5 Å². The van der Waals surface area contributed by atoms with Crippen LogP contribution in [0.15, 0.2) is 0 Å². The van der Waals surface area contributed by atoms with E-state index < -0.39 is 0 Å². The van der Waals surface area contributed by atoms with Crippen molar-refractivity contribution in [3.05, 3.63) is 0 Å². The molecule has 0 aromatic rings. The second-order valence-electron chi connectivity index (χ2n) is 6.28. The zero-order valence-corrected chi connectivity index (χ0v) is 12.4. The molecule has 3 unspecified atom stereocenters. The van der Waals surface area contributed by atoms with Gasteiger partial charge < -0.3 is 19.5 Å². The van der Waals surface area contributed by atoms with E-state index in [2.05, 4.69) is 19.2 Å². The molecule has 0 aromatic carbocycles. The highest BCUT2D eigenvalue weighted by Gasteiger charge is 2.25. The summed E-state index contributed by atoms with van der Waals surface area (Å²) in [5.41, 5.74) is 0. The highest BCUT2D eigenvalue weighted by Crippen LogP contribution is 2.20. The van der Waals surface area contributed by atoms with E-state index in [0.29, 0.717) is 24.0 Å². The summed E-state index contributed by atoms with van der Waals surface area (Å²) in [6.45, 7) is 9.85. The standard InChI is InChI=1S/C15H29NO3/c1-12(2)7-16-8-14-3-4-15(19-14)11-18-10-13-5-6-17-9-13/h12-16H,3-11H2,1-2H3. The van der Waals surface area contributed by atoms with Crippen LogP contribution in [0.2, 0.25) is 0 Å². The van der Waals surface area contributed by atoms with Crippen molar-refractivity contribution in [3.8, 4) is 0 Å². The molecule has 112 valence electrons. The zero-order chi connectivity index (χ0) is 13.5. The normalized spacial score (nSPS) is 31.4. The largest absolute Gasteiger partial charge is 0.381 e. The molecule has 4 nitrogen and oxygen atoms in total. The Kier molecular flexibility index (Phi) is 6.57. The van der Waals surface area contributed by atoms with Gasteiger partial charge in [-0.3, -0.25) is 0 Å². The van der Waals surface area contributed by atoms with E-state index in [9.17, 15) is 0 Å². The molecule has 4 heteroatoms. The molecule has 2 fully saturated rings. The first-order valence-electron chi connectivity index (χ1n) is 7.75. The minimum absolute atomic E-state index is 0.299. The van der Waals surface area contributed by atoms with Gasteiger partial charge in [0.25, 0.3) is 0 Å². The van der Waals surface area contributed by atoms with Gasteiger partial charge in [0, 0.05) is 19.1 Å². The van der Waals surface area contributed by atoms with Gasteiger partial charge in [0.15, 0.2) is 0 Å². The summed E-state index contributed by atoms with van der Waals surface area (Å²) < 4.78 is 17.1. The van der Waals surface area contributed by atoms with Gasteiger partial charge in [-0.15, -0.1) is 0 Å². The molecule has 0 aliphatic carbocycles. The van der Waals surface area contributed by atoms with Crippen LogP contribution in [0.3, 0.4) is 0 Å². The summed E-state index contributed by atoms with van der Waals surface area (Å²) in [5, 5.41) is 3.47. The topological polar surface area (TPSA) is 39.7 Å². The molecule has 0 spiro atoms. The molecular weight excluding hydrogens is 242 g/mol. The van der Waals surface area contributed by atoms with E-state index in [1.54, 1.807) is 0 Å². The van der Waals surface area contributed by atoms with Crippen molar-refractivity contribution in [1.82, 2.24) is 5.32 Å². The van der Waals surface area contributed by atoms with E-state index in [1.807, 2.05) is 0 Å². The summed E-state index contributed by atoms with van der Waals surface area (Å²) >= 11 is 0. The Morgan fingerprint density at radius 3 is 2.74 bits per heavy atom. The van der Waals surface area contributed by atoms with Gasteiger partial charge in [-0.1, -0.05) is 13.8 Å². The van der Waals surface area contributed by atoms with Crippen molar-refractivity contribution in [1.29, 1.82) is 0 Å². The molecular formula is C15H29NO3. The van der Waals surface area contributed by atoms with Gasteiger partial charge in [-0.2, -0.15) is 0 Å². The zero-order valence-electron chi connectivity index (χ0n) is 12.4. The second-order valence-corrected chi connectivity index (χ2v) is 6.28. The lowest BCUT2D eigenvalue weighted by molar-refractivity contribution is -0.0226. The predicted octanol–water partition coefficient (Wildman–Crippen LogP) is 1.83. The van der Waals surface area contributed by atoms with E-state index in [1.165, 1.54) is 0 Å². The van der Waals surface area contributed by atoms with Crippen LogP contribution in [0, 0.1) is 11.8 Å². The summed E-state index contributed by atoms with van der Waals surface area (Å²) in [6, 6.07) is 0. The highest BCUT2D eigenvalue weighted by molar-refractivity contribution is 4.75. The highest BCUT2D eigenvalue weighted by atomic mass is 16.5. The first kappa shape index (κ1) is 15.2. The average molecular weight is 271 g/mol. The van der Waals surface area contributed by atoms with Gasteiger partial charge in [-0.25, -0.2) is 0 Å². The molecule has 19 heavy (non-hydrogen) atoms. The molecule has 0 radical (unpaired) electrons. The van der Waals surface area contributed by atoms with Crippen LogP contribution in [-0.2, 0) is 14.2 Å². The van der Waals surface area contributed by atoms with Crippen LogP contribution in [0.5, 0.6) is 0 Å². The summed E-state index contributed by atoms with van der Waals surface area (Å²) in [7, 11) is 0. The van der Waals surface area contributed by atoms with Gasteiger partial charge in [-0.05, 0) is 31.7 Å². The second kappa shape index (κ2) is 8.20. The van der Waals surface area contributed by atoms with Crippen LogP contribution in [0.1, 0.15) is 33.1 Å². The lowest BCUT2D eigenvalue weighted by atomic mass is 10.1. The lowest BCUT2D eigenvalue weighted by Gasteiger charge is -2.16. The maximum absolute atomic E-state index is 5.99. The summed E-state index contributed by atoms with van der Waals surface area (Å²) in [4.78, 5) is 0. The smallest absolute Gasteiger partial charge is 0.0813 e. The fraction of sp³-hybridized carbons (Fsp3) is 1.00. The average Bonchev–Trinajstić information content (AvgIpc) is 3.00. The molecule has 0 saturated carbocycles. The predicted molar refractivity (Wildman–Crippen MR) is 75.3 cm³/mol. The molecule has 2 rings (SSSR count). The number of hydrogen-bond donors (Lipinski definition) is 1. The lowest BCUT2D eigenvalue weighted by Crippen LogP contribution is -2.30. The van der Waals surface area contributed by atoms with Crippen LogP contribution in [0.25, 0.3) is 0 Å². The summed E-state index contributed by atoms with van der Waals surface area (Å²) in [6.07, 6.45) is 4.11. The Morgan fingerprint density at radius 2 is 2.00 bits per heavy atom. The first-order chi connectivity index (χ1) is 9.24. The third-order valence-electron chi connectivity index (χ3n) is 3.80. The molecule has 2 aliphatic heterocycles. The molecule has 2 aliphatic rings. The van der Waals surface area contributed by atoms with E-state index in [-0.39, 0.29) is 0 Å². The number of nitrogens with one attached hydrogen (secondary N) is 1. The van der Waals surface area contributed by atoms with Crippen LogP contribution in [-0.4, -0.2) is 51.7 Å². The SMILES string of the molecule is CC(C)CNCC1CCC(COCC2CCOC2)O1. The van der Waals surface area contributed by atoms with Crippen molar-refractivity contribution in [2.24, 2.45) is 11.8 Å². The molecule has 0 amide bonds. The Hall–Kier alpha value is -0.160. The maximum atomic E-state index is 5.99. The van der Waals surface area contributed by atoms with E-state index in [4.69, 9.17) is 14.2 Å². The van der Waals surface area contributed by atoms with E-state index in [0.717, 1.165) is 58.8 Å². The van der Waals surface area contributed by atoms with Crippen molar-refractivity contribution < 1.29 is 14.2 Å². The Bertz CT molecular complexity index is 242. The third-order valence-corrected chi connectivity index (χ3v) is 3.80. The molecule has 3 atom stereocenters. The van der Waals surface area contributed by atoms with Crippen molar-refractivity contribution >= 4 is 0 Å². The monoisotopic (exact) mass is 271 g/mol. The number of hydrogen-bond acceptors (Lipinski definition) is 4. The van der Waals surface area contributed by atoms with Gasteiger partial charge in [0.2, 0.25) is 0 Å². The minimum Gasteiger partial charge on any atom is -0.381 e. The van der Waals surface area contributed by atoms with Crippen LogP contribution >= 0.6 is 0 Å². The molecule has 0 bridgehead atoms. The molecule has 2 saturated heterocycles. The quantitative estimate of drug-likeness (QED) is 0.731. The van der Waals surface area contributed by atoms with Crippen molar-refractivity contribution in [2.45, 2.75) is 45.3 Å². The molecule has 0 aromatic heterocycles. The minimum atomic E-state index is 0.299. The molecule has 2 heterocycles. The Balaban J connectivity index is 1.49. The van der Waals surface area contributed by atoms with Gasteiger partial charge in [0.1, 0.15) is 0 Å². The van der Waals surface area contributed by atoms with Gasteiger partial charge >= 0.3 is 0 Å². The summed E-state index contributed by atoms with van der Waals surface area (Å²) in [5.74, 6) is 1.30. The Morgan fingerprint density at radius 1 is 1.16 bits per heavy atom. The Labute approximate surface area is 117 Å². The van der Waals surface area contributed by atoms with Crippen molar-refractivity contribution in [3.63, 3.8) is 0 Å². The van der Waals surface area contributed by atoms with Gasteiger partial charge in [0.05, 0.1) is 32.0 Å². The van der Waals surface area contributed by atoms with Crippen LogP contribution < -0.4 is 5.32 Å². The van der Waals surface area contributed by atoms with E-state index >= 15 is 0 Å². The third kappa shape index (κ3) is 5.78. The fourth-order valence-electron chi connectivity index (χ4n) is 2.67. The maximum Gasteiger partial charge on any atom is 0.0813 e. The first-order valence-corrected chi connectivity index (χ1v) is 7.75.